The molecule has 1 fully saturated rings. The number of carbonyl (C=O) groups excluding carboxylic acids is 1. The summed E-state index contributed by atoms with van der Waals surface area (Å²) in [5.74, 6) is -0.403. The van der Waals surface area contributed by atoms with Gasteiger partial charge in [0.25, 0.3) is 0 Å². The highest BCUT2D eigenvalue weighted by Gasteiger charge is 2.43. The van der Waals surface area contributed by atoms with Crippen molar-refractivity contribution in [2.45, 2.75) is 25.3 Å². The van der Waals surface area contributed by atoms with E-state index in [0.29, 0.717) is 10.9 Å². The number of hydrogen-bond donors (Lipinski definition) is 2. The second-order valence-corrected chi connectivity index (χ2v) is 6.39. The van der Waals surface area contributed by atoms with Gasteiger partial charge in [0.1, 0.15) is 11.6 Å². The monoisotopic (exact) mass is 302 g/mol. The van der Waals surface area contributed by atoms with Gasteiger partial charge < -0.3 is 5.11 Å². The minimum absolute atomic E-state index is 0.144. The number of urea groups is 1. The summed E-state index contributed by atoms with van der Waals surface area (Å²) in [6.07, 6.45) is 0. The van der Waals surface area contributed by atoms with Crippen LogP contribution in [0.1, 0.15) is 13.8 Å². The molecule has 2 heterocycles. The number of nitrogens with one attached hydrogen (secondary N) is 1. The van der Waals surface area contributed by atoms with Crippen LogP contribution in [0.5, 0.6) is 0 Å². The van der Waals surface area contributed by atoms with E-state index in [2.05, 4.69) is 15.5 Å². The lowest BCUT2D eigenvalue weighted by molar-refractivity contribution is -0.141. The molecule has 1 aromatic heterocycles. The molecule has 1 aromatic rings. The van der Waals surface area contributed by atoms with E-state index in [0.717, 1.165) is 0 Å². The molecule has 1 aliphatic rings. The van der Waals surface area contributed by atoms with Crippen molar-refractivity contribution in [3.05, 3.63) is 5.51 Å². The van der Waals surface area contributed by atoms with Gasteiger partial charge in [0.2, 0.25) is 5.13 Å². The zero-order chi connectivity index (χ0) is 14.0. The molecule has 19 heavy (non-hydrogen) atoms. The van der Waals surface area contributed by atoms with Gasteiger partial charge in [0, 0.05) is 5.75 Å². The van der Waals surface area contributed by atoms with Crippen LogP contribution in [-0.4, -0.2) is 49.4 Å². The van der Waals surface area contributed by atoms with Crippen LogP contribution in [0.2, 0.25) is 0 Å². The third-order valence-corrected chi connectivity index (χ3v) is 4.93. The first-order chi connectivity index (χ1) is 9.00. The van der Waals surface area contributed by atoms with Gasteiger partial charge in [-0.2, -0.15) is 0 Å². The van der Waals surface area contributed by atoms with Gasteiger partial charge in [0.15, 0.2) is 0 Å². The lowest BCUT2D eigenvalue weighted by atomic mass is 10.2. The van der Waals surface area contributed by atoms with E-state index in [1.807, 2.05) is 13.8 Å². The molecule has 0 aromatic carbocycles. The second kappa shape index (κ2) is 5.74. The molecule has 2 N–H and O–H groups in total. The molecule has 2 atom stereocenters. The van der Waals surface area contributed by atoms with Crippen LogP contribution in [-0.2, 0) is 4.79 Å². The third-order valence-electron chi connectivity index (χ3n) is 2.70. The standard InChI is InChI=1S/C10H14N4O3S2/c1-5(2)7-14(6(3-18-7)8(15)16)10(17)12-9-13-11-4-19-9/h4-7H,3H2,1-2H3,(H,15,16)(H,12,13,17). The Morgan fingerprint density at radius 1 is 1.58 bits per heavy atom. The third kappa shape index (κ3) is 2.98. The fourth-order valence-corrected chi connectivity index (χ4v) is 3.78. The van der Waals surface area contributed by atoms with E-state index < -0.39 is 18.0 Å². The Morgan fingerprint density at radius 2 is 2.32 bits per heavy atom. The second-order valence-electron chi connectivity index (χ2n) is 4.40. The molecule has 2 rings (SSSR count). The first kappa shape index (κ1) is 14.1. The van der Waals surface area contributed by atoms with Crippen molar-refractivity contribution in [2.75, 3.05) is 11.1 Å². The fourth-order valence-electron chi connectivity index (χ4n) is 1.87. The fraction of sp³-hybridized carbons (Fsp3) is 0.600. The van der Waals surface area contributed by atoms with Crippen molar-refractivity contribution in [1.29, 1.82) is 0 Å². The molecule has 104 valence electrons. The van der Waals surface area contributed by atoms with Gasteiger partial charge in [-0.15, -0.1) is 22.0 Å². The Labute approximate surface area is 118 Å². The Kier molecular flexibility index (Phi) is 4.25. The molecule has 0 bridgehead atoms. The Hall–Kier alpha value is -1.35. The molecule has 2 amide bonds. The van der Waals surface area contributed by atoms with E-state index in [1.165, 1.54) is 33.5 Å². The van der Waals surface area contributed by atoms with Crippen LogP contribution in [0.4, 0.5) is 9.93 Å². The van der Waals surface area contributed by atoms with Gasteiger partial charge in [-0.3, -0.25) is 10.2 Å². The Bertz CT molecular complexity index is 465. The molecule has 1 aliphatic heterocycles. The number of carboxylic acids is 1. The number of rotatable bonds is 3. The van der Waals surface area contributed by atoms with Crippen LogP contribution < -0.4 is 5.32 Å². The number of amides is 2. The van der Waals surface area contributed by atoms with Crippen LogP contribution >= 0.6 is 23.1 Å². The predicted molar refractivity (Wildman–Crippen MR) is 73.3 cm³/mol. The van der Waals surface area contributed by atoms with Crippen LogP contribution in [0.3, 0.4) is 0 Å². The lowest BCUT2D eigenvalue weighted by Crippen LogP contribution is -2.49. The minimum atomic E-state index is -0.983. The van der Waals surface area contributed by atoms with E-state index >= 15 is 0 Å². The van der Waals surface area contributed by atoms with Gasteiger partial charge in [0.05, 0.1) is 5.37 Å². The number of aliphatic carboxylic acids is 1. The normalized spacial score (nSPS) is 22.8. The Balaban J connectivity index is 2.16. The average Bonchev–Trinajstić information content (AvgIpc) is 2.95. The van der Waals surface area contributed by atoms with E-state index in [-0.39, 0.29) is 11.3 Å². The molecule has 0 saturated carbocycles. The van der Waals surface area contributed by atoms with Gasteiger partial charge >= 0.3 is 12.0 Å². The van der Waals surface area contributed by atoms with Gasteiger partial charge in [-0.25, -0.2) is 9.59 Å². The van der Waals surface area contributed by atoms with Crippen molar-refractivity contribution in [2.24, 2.45) is 5.92 Å². The van der Waals surface area contributed by atoms with Crippen molar-refractivity contribution >= 4 is 40.2 Å². The van der Waals surface area contributed by atoms with E-state index in [9.17, 15) is 14.7 Å². The van der Waals surface area contributed by atoms with Crippen molar-refractivity contribution in [1.82, 2.24) is 15.1 Å². The van der Waals surface area contributed by atoms with Crippen molar-refractivity contribution < 1.29 is 14.7 Å². The van der Waals surface area contributed by atoms with Crippen LogP contribution in [0.25, 0.3) is 0 Å². The molecular formula is C10H14N4O3S2. The molecule has 1 saturated heterocycles. The number of aromatic nitrogens is 2. The topological polar surface area (TPSA) is 95.4 Å². The van der Waals surface area contributed by atoms with Crippen LogP contribution in [0.15, 0.2) is 5.51 Å². The number of hydrogen-bond acceptors (Lipinski definition) is 6. The maximum absolute atomic E-state index is 12.2. The van der Waals surface area contributed by atoms with Gasteiger partial charge in [-0.05, 0) is 5.92 Å². The highest BCUT2D eigenvalue weighted by Crippen LogP contribution is 2.34. The minimum Gasteiger partial charge on any atom is -0.480 e. The number of carboxylic acid groups (broad SMARTS) is 1. The lowest BCUT2D eigenvalue weighted by Gasteiger charge is -2.29. The van der Waals surface area contributed by atoms with Crippen molar-refractivity contribution in [3.63, 3.8) is 0 Å². The summed E-state index contributed by atoms with van der Waals surface area (Å²) in [6.45, 7) is 3.93. The van der Waals surface area contributed by atoms with E-state index in [4.69, 9.17) is 0 Å². The molecule has 0 aliphatic carbocycles. The SMILES string of the molecule is CC(C)C1SCC(C(=O)O)N1C(=O)Nc1nncs1. The largest absolute Gasteiger partial charge is 0.480 e. The summed E-state index contributed by atoms with van der Waals surface area (Å²) >= 11 is 2.68. The zero-order valence-corrected chi connectivity index (χ0v) is 12.1. The van der Waals surface area contributed by atoms with Crippen LogP contribution in [0, 0.1) is 5.92 Å². The first-order valence-corrected chi connectivity index (χ1v) is 7.63. The average molecular weight is 302 g/mol. The smallest absolute Gasteiger partial charge is 0.327 e. The first-order valence-electron chi connectivity index (χ1n) is 5.70. The molecule has 7 nitrogen and oxygen atoms in total. The highest BCUT2D eigenvalue weighted by atomic mass is 32.2. The van der Waals surface area contributed by atoms with E-state index in [1.54, 1.807) is 0 Å². The molecule has 2 unspecified atom stereocenters. The molecule has 0 radical (unpaired) electrons. The highest BCUT2D eigenvalue weighted by molar-refractivity contribution is 8.00. The molecular weight excluding hydrogens is 288 g/mol. The predicted octanol–water partition coefficient (Wildman–Crippen LogP) is 1.55. The maximum atomic E-state index is 12.2. The molecule has 0 spiro atoms. The number of thioether (sulfide) groups is 1. The van der Waals surface area contributed by atoms with Crippen molar-refractivity contribution in [3.8, 4) is 0 Å². The number of carbonyl (C=O) groups is 2. The Morgan fingerprint density at radius 3 is 2.84 bits per heavy atom. The zero-order valence-electron chi connectivity index (χ0n) is 10.4. The summed E-state index contributed by atoms with van der Waals surface area (Å²) in [5, 5.41) is 19.4. The molecule has 9 heteroatoms. The summed E-state index contributed by atoms with van der Waals surface area (Å²) < 4.78 is 0. The number of nitrogens with zero attached hydrogens (tertiary/aromatic N) is 3. The summed E-state index contributed by atoms with van der Waals surface area (Å²) in [5.41, 5.74) is 1.50. The number of anilines is 1. The summed E-state index contributed by atoms with van der Waals surface area (Å²) in [4.78, 5) is 24.8. The van der Waals surface area contributed by atoms with Gasteiger partial charge in [-0.1, -0.05) is 25.2 Å². The quantitative estimate of drug-likeness (QED) is 0.879. The maximum Gasteiger partial charge on any atom is 0.327 e. The summed E-state index contributed by atoms with van der Waals surface area (Å²) in [7, 11) is 0. The summed E-state index contributed by atoms with van der Waals surface area (Å²) in [6, 6.07) is -1.24.